The van der Waals surface area contributed by atoms with Crippen LogP contribution in [0.5, 0.6) is 0 Å². The lowest BCUT2D eigenvalue weighted by Gasteiger charge is -2.23. The normalized spacial score (nSPS) is 46.6. The van der Waals surface area contributed by atoms with Crippen molar-refractivity contribution in [1.82, 2.24) is 0 Å². The van der Waals surface area contributed by atoms with Crippen LogP contribution < -0.4 is 0 Å². The van der Waals surface area contributed by atoms with Crippen molar-refractivity contribution in [3.8, 4) is 0 Å². The molecule has 2 saturated heterocycles. The second-order valence-electron chi connectivity index (χ2n) is 5.31. The molecule has 0 aromatic rings. The Kier molecular flexibility index (Phi) is 3.78. The van der Waals surface area contributed by atoms with Crippen molar-refractivity contribution in [1.29, 1.82) is 0 Å². The van der Waals surface area contributed by atoms with Gasteiger partial charge in [-0.3, -0.25) is 0 Å². The minimum absolute atomic E-state index is 0.132. The largest absolute Gasteiger partial charge is 0.348 e. The van der Waals surface area contributed by atoms with Crippen LogP contribution in [-0.2, 0) is 18.9 Å². The third-order valence-corrected chi connectivity index (χ3v) is 3.79. The number of ether oxygens (including phenoxy) is 4. The summed E-state index contributed by atoms with van der Waals surface area (Å²) in [6.45, 7) is 9.46. The SMILES string of the molecule is CCC1(C)OCC(CC2COC(C)(CC)O2)O1. The minimum Gasteiger partial charge on any atom is -0.348 e. The molecule has 2 heterocycles. The van der Waals surface area contributed by atoms with Crippen LogP contribution in [0.15, 0.2) is 0 Å². The second kappa shape index (κ2) is 4.84. The minimum atomic E-state index is -0.405. The maximum Gasteiger partial charge on any atom is 0.165 e. The van der Waals surface area contributed by atoms with Gasteiger partial charge >= 0.3 is 0 Å². The van der Waals surface area contributed by atoms with Crippen LogP contribution in [0.2, 0.25) is 0 Å². The molecule has 0 aliphatic carbocycles. The molecule has 0 radical (unpaired) electrons. The highest BCUT2D eigenvalue weighted by Gasteiger charge is 2.41. The van der Waals surface area contributed by atoms with Gasteiger partial charge in [0.15, 0.2) is 11.6 Å². The zero-order valence-corrected chi connectivity index (χ0v) is 11.3. The van der Waals surface area contributed by atoms with Gasteiger partial charge in [0.2, 0.25) is 0 Å². The summed E-state index contributed by atoms with van der Waals surface area (Å²) >= 11 is 0. The standard InChI is InChI=1S/C13H24O4/c1-5-12(3)14-8-10(16-12)7-11-9-15-13(4,6-2)17-11/h10-11H,5-9H2,1-4H3. The van der Waals surface area contributed by atoms with Crippen molar-refractivity contribution in [3.63, 3.8) is 0 Å². The fourth-order valence-electron chi connectivity index (χ4n) is 2.28. The van der Waals surface area contributed by atoms with Crippen molar-refractivity contribution in [2.45, 2.75) is 70.7 Å². The molecule has 0 saturated carbocycles. The van der Waals surface area contributed by atoms with E-state index in [1.807, 2.05) is 13.8 Å². The predicted octanol–water partition coefficient (Wildman–Crippen LogP) is 2.46. The first kappa shape index (κ1) is 13.3. The molecule has 2 aliphatic rings. The van der Waals surface area contributed by atoms with E-state index in [1.54, 1.807) is 0 Å². The zero-order chi connectivity index (χ0) is 12.5. The van der Waals surface area contributed by atoms with Crippen molar-refractivity contribution in [2.24, 2.45) is 0 Å². The highest BCUT2D eigenvalue weighted by molar-refractivity contribution is 4.80. The Bertz CT molecular complexity index is 244. The summed E-state index contributed by atoms with van der Waals surface area (Å²) in [7, 11) is 0. The van der Waals surface area contributed by atoms with Crippen LogP contribution in [0.4, 0.5) is 0 Å². The van der Waals surface area contributed by atoms with Crippen molar-refractivity contribution in [3.05, 3.63) is 0 Å². The van der Waals surface area contributed by atoms with E-state index in [-0.39, 0.29) is 12.2 Å². The molecular weight excluding hydrogens is 220 g/mol. The van der Waals surface area contributed by atoms with E-state index in [2.05, 4.69) is 13.8 Å². The molecule has 2 fully saturated rings. The Hall–Kier alpha value is -0.160. The molecule has 2 aliphatic heterocycles. The molecule has 4 nitrogen and oxygen atoms in total. The van der Waals surface area contributed by atoms with Crippen LogP contribution in [0, 0.1) is 0 Å². The fourth-order valence-corrected chi connectivity index (χ4v) is 2.28. The van der Waals surface area contributed by atoms with Gasteiger partial charge in [-0.25, -0.2) is 0 Å². The first-order chi connectivity index (χ1) is 7.99. The monoisotopic (exact) mass is 244 g/mol. The molecule has 0 spiro atoms. The molecule has 100 valence electrons. The molecule has 0 amide bonds. The van der Waals surface area contributed by atoms with E-state index in [0.29, 0.717) is 13.2 Å². The Morgan fingerprint density at radius 3 is 1.59 bits per heavy atom. The lowest BCUT2D eigenvalue weighted by Crippen LogP contribution is -2.29. The first-order valence-electron chi connectivity index (χ1n) is 6.62. The smallest absolute Gasteiger partial charge is 0.165 e. The van der Waals surface area contributed by atoms with Gasteiger partial charge in [-0.15, -0.1) is 0 Å². The Morgan fingerprint density at radius 1 is 0.882 bits per heavy atom. The van der Waals surface area contributed by atoms with E-state index in [0.717, 1.165) is 19.3 Å². The summed E-state index contributed by atoms with van der Waals surface area (Å²) in [4.78, 5) is 0. The molecule has 4 unspecified atom stereocenters. The summed E-state index contributed by atoms with van der Waals surface area (Å²) in [6.07, 6.45) is 2.86. The Balaban J connectivity index is 1.80. The van der Waals surface area contributed by atoms with E-state index in [9.17, 15) is 0 Å². The molecule has 0 aromatic heterocycles. The molecule has 0 aromatic carbocycles. The first-order valence-corrected chi connectivity index (χ1v) is 6.62. The second-order valence-corrected chi connectivity index (χ2v) is 5.31. The van der Waals surface area contributed by atoms with E-state index in [4.69, 9.17) is 18.9 Å². The van der Waals surface area contributed by atoms with Gasteiger partial charge in [-0.2, -0.15) is 0 Å². The van der Waals surface area contributed by atoms with Crippen molar-refractivity contribution >= 4 is 0 Å². The molecule has 4 atom stereocenters. The van der Waals surface area contributed by atoms with E-state index in [1.165, 1.54) is 0 Å². The molecule has 2 rings (SSSR count). The fraction of sp³-hybridized carbons (Fsp3) is 1.00. The zero-order valence-electron chi connectivity index (χ0n) is 11.3. The molecular formula is C13H24O4. The maximum atomic E-state index is 5.90. The summed E-state index contributed by atoms with van der Waals surface area (Å²) < 4.78 is 23.2. The lowest BCUT2D eigenvalue weighted by molar-refractivity contribution is -0.169. The van der Waals surface area contributed by atoms with E-state index >= 15 is 0 Å². The Labute approximate surface area is 104 Å². The highest BCUT2D eigenvalue weighted by atomic mass is 16.8. The number of rotatable bonds is 4. The summed E-state index contributed by atoms with van der Waals surface area (Å²) in [5, 5.41) is 0. The average Bonchev–Trinajstić information content (AvgIpc) is 2.86. The van der Waals surface area contributed by atoms with E-state index < -0.39 is 11.6 Å². The van der Waals surface area contributed by atoms with Gasteiger partial charge in [0, 0.05) is 6.42 Å². The highest BCUT2D eigenvalue weighted by Crippen LogP contribution is 2.33. The molecule has 0 N–H and O–H groups in total. The summed E-state index contributed by atoms with van der Waals surface area (Å²) in [5.74, 6) is -0.809. The van der Waals surface area contributed by atoms with Gasteiger partial charge in [0.25, 0.3) is 0 Å². The molecule has 4 heteroatoms. The third kappa shape index (κ3) is 2.99. The van der Waals surface area contributed by atoms with Crippen LogP contribution in [0.3, 0.4) is 0 Å². The van der Waals surface area contributed by atoms with Crippen molar-refractivity contribution < 1.29 is 18.9 Å². The quantitative estimate of drug-likeness (QED) is 0.761. The number of hydrogen-bond acceptors (Lipinski definition) is 4. The van der Waals surface area contributed by atoms with Crippen LogP contribution in [0.1, 0.15) is 47.0 Å². The van der Waals surface area contributed by atoms with Crippen LogP contribution >= 0.6 is 0 Å². The van der Waals surface area contributed by atoms with Gasteiger partial charge in [-0.1, -0.05) is 13.8 Å². The topological polar surface area (TPSA) is 36.9 Å². The summed E-state index contributed by atoms with van der Waals surface area (Å²) in [6, 6.07) is 0. The predicted molar refractivity (Wildman–Crippen MR) is 63.7 cm³/mol. The Morgan fingerprint density at radius 2 is 1.29 bits per heavy atom. The molecule has 17 heavy (non-hydrogen) atoms. The molecule has 0 bridgehead atoms. The number of hydrogen-bond donors (Lipinski definition) is 0. The van der Waals surface area contributed by atoms with Gasteiger partial charge in [0.1, 0.15) is 0 Å². The van der Waals surface area contributed by atoms with Crippen molar-refractivity contribution in [2.75, 3.05) is 13.2 Å². The third-order valence-electron chi connectivity index (χ3n) is 3.79. The van der Waals surface area contributed by atoms with Gasteiger partial charge in [0.05, 0.1) is 25.4 Å². The average molecular weight is 244 g/mol. The summed E-state index contributed by atoms with van der Waals surface area (Å²) in [5.41, 5.74) is 0. The van der Waals surface area contributed by atoms with Crippen LogP contribution in [-0.4, -0.2) is 37.0 Å². The van der Waals surface area contributed by atoms with Gasteiger partial charge < -0.3 is 18.9 Å². The lowest BCUT2D eigenvalue weighted by atomic mass is 10.2. The van der Waals surface area contributed by atoms with Crippen LogP contribution in [0.25, 0.3) is 0 Å². The van der Waals surface area contributed by atoms with Gasteiger partial charge in [-0.05, 0) is 26.7 Å². The maximum absolute atomic E-state index is 5.90.